The number of aromatic nitrogens is 1. The molecule has 104 valence electrons. The molecule has 1 aromatic heterocycles. The molecule has 1 aromatic carbocycles. The number of carbonyl (C=O) groups is 1. The quantitative estimate of drug-likeness (QED) is 0.818. The molecule has 3 N–H and O–H groups in total. The summed E-state index contributed by atoms with van der Waals surface area (Å²) in [6, 6.07) is 11.0. The number of hydrogen-bond acceptors (Lipinski definition) is 4. The Balaban J connectivity index is 1.85. The number of nitrogens with two attached hydrogens (primary N) is 1. The van der Waals surface area contributed by atoms with Gasteiger partial charge in [0.25, 0.3) is 0 Å². The molecule has 20 heavy (non-hydrogen) atoms. The van der Waals surface area contributed by atoms with Crippen molar-refractivity contribution in [3.05, 3.63) is 48.2 Å². The molecule has 0 aliphatic carbocycles. The highest BCUT2D eigenvalue weighted by atomic mass is 16.5. The average Bonchev–Trinajstić information content (AvgIpc) is 2.46. The maximum Gasteiger partial charge on any atom is 0.224 e. The van der Waals surface area contributed by atoms with E-state index in [1.54, 1.807) is 25.4 Å². The molecule has 0 bridgehead atoms. The lowest BCUT2D eigenvalue weighted by atomic mass is 10.1. The summed E-state index contributed by atoms with van der Waals surface area (Å²) < 4.78 is 4.96. The Labute approximate surface area is 117 Å². The molecular formula is C15H17N3O2. The lowest BCUT2D eigenvalue weighted by Gasteiger charge is -2.06. The molecule has 1 heterocycles. The zero-order chi connectivity index (χ0) is 14.4. The van der Waals surface area contributed by atoms with Crippen LogP contribution in [0.1, 0.15) is 12.0 Å². The van der Waals surface area contributed by atoms with E-state index >= 15 is 0 Å². The molecule has 1 amide bonds. The van der Waals surface area contributed by atoms with Gasteiger partial charge < -0.3 is 15.8 Å². The fourth-order valence-electron chi connectivity index (χ4n) is 1.80. The SMILES string of the molecule is COc1ccc(NC(=O)CCc2cccc(N)c2)cn1. The van der Waals surface area contributed by atoms with Crippen molar-refractivity contribution in [1.29, 1.82) is 0 Å². The molecular weight excluding hydrogens is 254 g/mol. The Morgan fingerprint density at radius 2 is 2.20 bits per heavy atom. The summed E-state index contributed by atoms with van der Waals surface area (Å²) >= 11 is 0. The molecule has 0 aliphatic rings. The zero-order valence-corrected chi connectivity index (χ0v) is 11.3. The second-order valence-electron chi connectivity index (χ2n) is 4.38. The molecule has 2 aromatic rings. The molecule has 0 saturated heterocycles. The van der Waals surface area contributed by atoms with Crippen molar-refractivity contribution in [2.45, 2.75) is 12.8 Å². The monoisotopic (exact) mass is 271 g/mol. The summed E-state index contributed by atoms with van der Waals surface area (Å²) in [4.78, 5) is 15.9. The van der Waals surface area contributed by atoms with E-state index in [0.29, 0.717) is 30.1 Å². The van der Waals surface area contributed by atoms with Crippen LogP contribution in [0.4, 0.5) is 11.4 Å². The van der Waals surface area contributed by atoms with Gasteiger partial charge >= 0.3 is 0 Å². The minimum absolute atomic E-state index is 0.0561. The van der Waals surface area contributed by atoms with Crippen LogP contribution in [-0.2, 0) is 11.2 Å². The van der Waals surface area contributed by atoms with Gasteiger partial charge in [-0.05, 0) is 30.2 Å². The third kappa shape index (κ3) is 3.98. The average molecular weight is 271 g/mol. The van der Waals surface area contributed by atoms with Crippen LogP contribution in [0.3, 0.4) is 0 Å². The largest absolute Gasteiger partial charge is 0.481 e. The van der Waals surface area contributed by atoms with Crippen molar-refractivity contribution in [2.24, 2.45) is 0 Å². The number of anilines is 2. The van der Waals surface area contributed by atoms with E-state index in [2.05, 4.69) is 10.3 Å². The van der Waals surface area contributed by atoms with Gasteiger partial charge in [-0.25, -0.2) is 4.98 Å². The van der Waals surface area contributed by atoms with E-state index < -0.39 is 0 Å². The van der Waals surface area contributed by atoms with Crippen LogP contribution in [-0.4, -0.2) is 18.0 Å². The number of aryl methyl sites for hydroxylation is 1. The highest BCUT2D eigenvalue weighted by Crippen LogP contribution is 2.12. The normalized spacial score (nSPS) is 10.1. The van der Waals surface area contributed by atoms with Crippen LogP contribution >= 0.6 is 0 Å². The molecule has 0 fully saturated rings. The highest BCUT2D eigenvalue weighted by Gasteiger charge is 2.04. The van der Waals surface area contributed by atoms with Crippen molar-refractivity contribution in [3.8, 4) is 5.88 Å². The van der Waals surface area contributed by atoms with Gasteiger partial charge in [0.1, 0.15) is 0 Å². The molecule has 0 spiro atoms. The third-order valence-electron chi connectivity index (χ3n) is 2.82. The number of hydrogen-bond donors (Lipinski definition) is 2. The van der Waals surface area contributed by atoms with Crippen molar-refractivity contribution >= 4 is 17.3 Å². The van der Waals surface area contributed by atoms with E-state index in [1.807, 2.05) is 24.3 Å². The van der Waals surface area contributed by atoms with Gasteiger partial charge in [0.15, 0.2) is 0 Å². The maximum atomic E-state index is 11.8. The number of methoxy groups -OCH3 is 1. The molecule has 0 aliphatic heterocycles. The summed E-state index contributed by atoms with van der Waals surface area (Å²) in [7, 11) is 1.55. The minimum atomic E-state index is -0.0561. The summed E-state index contributed by atoms with van der Waals surface area (Å²) in [5, 5.41) is 2.79. The Morgan fingerprint density at radius 3 is 2.85 bits per heavy atom. The maximum absolute atomic E-state index is 11.8. The lowest BCUT2D eigenvalue weighted by Crippen LogP contribution is -2.12. The zero-order valence-electron chi connectivity index (χ0n) is 11.3. The predicted octanol–water partition coefficient (Wildman–Crippen LogP) is 2.24. The number of nitrogen functional groups attached to an aromatic ring is 1. The number of nitrogens with one attached hydrogen (secondary N) is 1. The molecule has 0 radical (unpaired) electrons. The number of pyridine rings is 1. The molecule has 5 heteroatoms. The van der Waals surface area contributed by atoms with Crippen molar-refractivity contribution < 1.29 is 9.53 Å². The van der Waals surface area contributed by atoms with Crippen molar-refractivity contribution in [2.75, 3.05) is 18.2 Å². The van der Waals surface area contributed by atoms with Crippen LogP contribution in [0.25, 0.3) is 0 Å². The van der Waals surface area contributed by atoms with Crippen LogP contribution in [0, 0.1) is 0 Å². The topological polar surface area (TPSA) is 77.2 Å². The lowest BCUT2D eigenvalue weighted by molar-refractivity contribution is -0.116. The fraction of sp³-hybridized carbons (Fsp3) is 0.200. The molecule has 5 nitrogen and oxygen atoms in total. The summed E-state index contributed by atoms with van der Waals surface area (Å²) in [5.41, 5.74) is 8.11. The minimum Gasteiger partial charge on any atom is -0.481 e. The summed E-state index contributed by atoms with van der Waals surface area (Å²) in [6.45, 7) is 0. The fourth-order valence-corrected chi connectivity index (χ4v) is 1.80. The molecule has 0 unspecified atom stereocenters. The number of nitrogens with zero attached hydrogens (tertiary/aromatic N) is 1. The first-order chi connectivity index (χ1) is 9.67. The first-order valence-corrected chi connectivity index (χ1v) is 6.31. The van der Waals surface area contributed by atoms with Crippen molar-refractivity contribution in [1.82, 2.24) is 4.98 Å². The van der Waals surface area contributed by atoms with E-state index in [1.165, 1.54) is 0 Å². The smallest absolute Gasteiger partial charge is 0.224 e. The first-order valence-electron chi connectivity index (χ1n) is 6.31. The summed E-state index contributed by atoms with van der Waals surface area (Å²) in [5.74, 6) is 0.460. The molecule has 0 saturated carbocycles. The van der Waals surface area contributed by atoms with Gasteiger partial charge in [0, 0.05) is 18.2 Å². The van der Waals surface area contributed by atoms with Gasteiger partial charge in [0.2, 0.25) is 11.8 Å². The van der Waals surface area contributed by atoms with Gasteiger partial charge in [-0.15, -0.1) is 0 Å². The van der Waals surface area contributed by atoms with Crippen LogP contribution in [0.5, 0.6) is 5.88 Å². The van der Waals surface area contributed by atoms with Gasteiger partial charge in [0.05, 0.1) is 19.0 Å². The highest BCUT2D eigenvalue weighted by molar-refractivity contribution is 5.90. The molecule has 2 rings (SSSR count). The van der Waals surface area contributed by atoms with Crippen LogP contribution in [0.15, 0.2) is 42.6 Å². The second-order valence-corrected chi connectivity index (χ2v) is 4.38. The van der Waals surface area contributed by atoms with E-state index in [0.717, 1.165) is 5.56 Å². The van der Waals surface area contributed by atoms with Crippen LogP contribution in [0.2, 0.25) is 0 Å². The van der Waals surface area contributed by atoms with Crippen LogP contribution < -0.4 is 15.8 Å². The van der Waals surface area contributed by atoms with E-state index in [4.69, 9.17) is 10.5 Å². The van der Waals surface area contributed by atoms with Gasteiger partial charge in [-0.1, -0.05) is 12.1 Å². The number of carbonyl (C=O) groups excluding carboxylic acids is 1. The van der Waals surface area contributed by atoms with E-state index in [9.17, 15) is 4.79 Å². The predicted molar refractivity (Wildman–Crippen MR) is 78.6 cm³/mol. The number of ether oxygens (including phenoxy) is 1. The van der Waals surface area contributed by atoms with Gasteiger partial charge in [-0.3, -0.25) is 4.79 Å². The molecule has 0 atom stereocenters. The van der Waals surface area contributed by atoms with Crippen molar-refractivity contribution in [3.63, 3.8) is 0 Å². The third-order valence-corrected chi connectivity index (χ3v) is 2.82. The van der Waals surface area contributed by atoms with E-state index in [-0.39, 0.29) is 5.91 Å². The number of benzene rings is 1. The Bertz CT molecular complexity index is 582. The first kappa shape index (κ1) is 13.9. The number of rotatable bonds is 5. The Hall–Kier alpha value is -2.56. The second kappa shape index (κ2) is 6.56. The standard InChI is InChI=1S/C15H17N3O2/c1-20-15-8-6-13(10-17-15)18-14(19)7-5-11-3-2-4-12(16)9-11/h2-4,6,8-10H,5,7,16H2,1H3,(H,18,19). The number of amides is 1. The Morgan fingerprint density at radius 1 is 1.35 bits per heavy atom. The summed E-state index contributed by atoms with van der Waals surface area (Å²) in [6.07, 6.45) is 2.62. The Kier molecular flexibility index (Phi) is 4.55. The van der Waals surface area contributed by atoms with Gasteiger partial charge in [-0.2, -0.15) is 0 Å².